The quantitative estimate of drug-likeness (QED) is 0.494. The van der Waals surface area contributed by atoms with Gasteiger partial charge in [0.05, 0.1) is 24.4 Å². The molecule has 170 valence electrons. The standard InChI is InChI=1S/C24H44O5/c1-14(2)11-18-12-19-7-6-8-20(25)23(27)16(4)10-9-15(3)17(5)29-24(28)22(19)21(26)13-18/h11,15-28H,6-10,12-13H2,1-5H3/t15-,16?,17+,18?,19+,20+,21?,22?,23-,24?/m1/s1. The van der Waals surface area contributed by atoms with Gasteiger partial charge in [-0.05, 0) is 83.0 Å². The fraction of sp³-hybridized carbons (Fsp3) is 0.917. The van der Waals surface area contributed by atoms with Crippen molar-refractivity contribution in [1.29, 1.82) is 0 Å². The average molecular weight is 413 g/mol. The summed E-state index contributed by atoms with van der Waals surface area (Å²) in [6.45, 7) is 10.2. The van der Waals surface area contributed by atoms with Gasteiger partial charge >= 0.3 is 0 Å². The van der Waals surface area contributed by atoms with Crippen molar-refractivity contribution in [2.24, 2.45) is 29.6 Å². The number of fused-ring (bicyclic) bond motifs is 1. The van der Waals surface area contributed by atoms with E-state index in [1.807, 2.05) is 13.8 Å². The molecule has 10 atom stereocenters. The monoisotopic (exact) mass is 412 g/mol. The van der Waals surface area contributed by atoms with Crippen LogP contribution in [-0.4, -0.2) is 51.1 Å². The zero-order valence-electron chi connectivity index (χ0n) is 19.0. The first-order valence-corrected chi connectivity index (χ1v) is 11.6. The van der Waals surface area contributed by atoms with E-state index in [0.717, 1.165) is 32.1 Å². The third-order valence-corrected chi connectivity index (χ3v) is 7.32. The molecule has 1 saturated carbocycles. The lowest BCUT2D eigenvalue weighted by Crippen LogP contribution is -2.46. The normalized spacial score (nSPS) is 45.7. The van der Waals surface area contributed by atoms with Crippen LogP contribution in [0.3, 0.4) is 0 Å². The maximum atomic E-state index is 10.9. The number of aliphatic hydroxyl groups is 4. The van der Waals surface area contributed by atoms with Crippen molar-refractivity contribution in [3.05, 3.63) is 11.6 Å². The van der Waals surface area contributed by atoms with Crippen molar-refractivity contribution >= 4 is 0 Å². The molecule has 5 heteroatoms. The predicted octanol–water partition coefficient (Wildman–Crippen LogP) is 3.64. The Morgan fingerprint density at radius 2 is 1.48 bits per heavy atom. The summed E-state index contributed by atoms with van der Waals surface area (Å²) < 4.78 is 6.02. The molecule has 1 aliphatic heterocycles. The Bertz CT molecular complexity index is 517. The molecular formula is C24H44O5. The van der Waals surface area contributed by atoms with E-state index in [-0.39, 0.29) is 29.8 Å². The van der Waals surface area contributed by atoms with Crippen molar-refractivity contribution in [2.75, 3.05) is 0 Å². The molecule has 1 aliphatic carbocycles. The zero-order valence-corrected chi connectivity index (χ0v) is 19.0. The second-order valence-corrected chi connectivity index (χ2v) is 10.1. The first kappa shape index (κ1) is 24.8. The van der Waals surface area contributed by atoms with E-state index in [0.29, 0.717) is 18.8 Å². The summed E-state index contributed by atoms with van der Waals surface area (Å²) in [6, 6.07) is 0. The smallest absolute Gasteiger partial charge is 0.160 e. The highest BCUT2D eigenvalue weighted by Crippen LogP contribution is 2.41. The Balaban J connectivity index is 2.20. The van der Waals surface area contributed by atoms with Crippen molar-refractivity contribution in [2.45, 2.75) is 110 Å². The number of ether oxygens (including phenoxy) is 1. The minimum Gasteiger partial charge on any atom is -0.393 e. The molecule has 4 N–H and O–H groups in total. The summed E-state index contributed by atoms with van der Waals surface area (Å²) in [5.74, 6) is 0.363. The topological polar surface area (TPSA) is 90.2 Å². The van der Waals surface area contributed by atoms with Gasteiger partial charge < -0.3 is 25.2 Å². The van der Waals surface area contributed by atoms with E-state index in [1.165, 1.54) is 5.57 Å². The van der Waals surface area contributed by atoms with Crippen molar-refractivity contribution < 1.29 is 25.2 Å². The van der Waals surface area contributed by atoms with Gasteiger partial charge in [0.25, 0.3) is 0 Å². The van der Waals surface area contributed by atoms with Crippen molar-refractivity contribution in [1.82, 2.24) is 0 Å². The average Bonchev–Trinajstić information content (AvgIpc) is 2.63. The van der Waals surface area contributed by atoms with Crippen molar-refractivity contribution in [3.8, 4) is 0 Å². The molecule has 5 nitrogen and oxygen atoms in total. The molecule has 0 aromatic heterocycles. The molecule has 0 radical (unpaired) electrons. The van der Waals surface area contributed by atoms with Crippen LogP contribution in [0, 0.1) is 29.6 Å². The Hall–Kier alpha value is -0.460. The molecule has 29 heavy (non-hydrogen) atoms. The minimum absolute atomic E-state index is 0.0267. The van der Waals surface area contributed by atoms with Crippen LogP contribution in [0.1, 0.15) is 79.6 Å². The number of hydrogen-bond acceptors (Lipinski definition) is 5. The van der Waals surface area contributed by atoms with Gasteiger partial charge in [0.1, 0.15) is 0 Å². The summed E-state index contributed by atoms with van der Waals surface area (Å²) in [4.78, 5) is 0. The molecule has 0 aromatic rings. The number of hydrogen-bond donors (Lipinski definition) is 4. The lowest BCUT2D eigenvalue weighted by atomic mass is 9.69. The first-order chi connectivity index (χ1) is 13.6. The molecule has 2 fully saturated rings. The fourth-order valence-electron chi connectivity index (χ4n) is 5.28. The minimum atomic E-state index is -0.976. The molecule has 0 aromatic carbocycles. The van der Waals surface area contributed by atoms with Gasteiger partial charge in [0.15, 0.2) is 6.29 Å². The second-order valence-electron chi connectivity index (χ2n) is 10.1. The van der Waals surface area contributed by atoms with Crippen LogP contribution >= 0.6 is 0 Å². The third-order valence-electron chi connectivity index (χ3n) is 7.32. The predicted molar refractivity (Wildman–Crippen MR) is 115 cm³/mol. The van der Waals surface area contributed by atoms with Crippen LogP contribution in [0.25, 0.3) is 0 Å². The summed E-state index contributed by atoms with van der Waals surface area (Å²) in [6.07, 6.45) is 4.42. The van der Waals surface area contributed by atoms with E-state index in [9.17, 15) is 20.4 Å². The maximum Gasteiger partial charge on any atom is 0.160 e. The van der Waals surface area contributed by atoms with Gasteiger partial charge in [-0.1, -0.05) is 31.9 Å². The largest absolute Gasteiger partial charge is 0.393 e. The van der Waals surface area contributed by atoms with E-state index >= 15 is 0 Å². The molecule has 0 bridgehead atoms. The Labute approximate surface area is 177 Å². The summed E-state index contributed by atoms with van der Waals surface area (Å²) in [7, 11) is 0. The highest BCUT2D eigenvalue weighted by molar-refractivity contribution is 5.02. The fourth-order valence-corrected chi connectivity index (χ4v) is 5.28. The number of aliphatic hydroxyl groups excluding tert-OH is 4. The highest BCUT2D eigenvalue weighted by Gasteiger charge is 2.41. The van der Waals surface area contributed by atoms with Gasteiger partial charge in [-0.2, -0.15) is 0 Å². The molecule has 2 rings (SSSR count). The molecule has 0 spiro atoms. The molecule has 5 unspecified atom stereocenters. The Kier molecular flexibility index (Phi) is 9.62. The number of rotatable bonds is 1. The van der Waals surface area contributed by atoms with Gasteiger partial charge in [0, 0.05) is 5.92 Å². The van der Waals surface area contributed by atoms with E-state index in [2.05, 4.69) is 26.8 Å². The van der Waals surface area contributed by atoms with Crippen LogP contribution < -0.4 is 0 Å². The maximum absolute atomic E-state index is 10.9. The molecule has 1 saturated heterocycles. The van der Waals surface area contributed by atoms with E-state index < -0.39 is 24.6 Å². The molecule has 2 aliphatic rings. The molecule has 1 heterocycles. The van der Waals surface area contributed by atoms with Crippen LogP contribution in [0.4, 0.5) is 0 Å². The van der Waals surface area contributed by atoms with Gasteiger partial charge in [0.2, 0.25) is 0 Å². The summed E-state index contributed by atoms with van der Waals surface area (Å²) >= 11 is 0. The Morgan fingerprint density at radius 3 is 2.14 bits per heavy atom. The lowest BCUT2D eigenvalue weighted by molar-refractivity contribution is -0.212. The molecular weight excluding hydrogens is 368 g/mol. The summed E-state index contributed by atoms with van der Waals surface area (Å²) in [5.41, 5.74) is 1.24. The SMILES string of the molecule is CC(C)=CC1CC(O)C2C(O)O[C@@H](C)[C@H](C)CCC(C)[C@@H](O)[C@@H](O)CCC[C@H]2C1. The Morgan fingerprint density at radius 1 is 0.828 bits per heavy atom. The van der Waals surface area contributed by atoms with E-state index in [1.54, 1.807) is 0 Å². The first-order valence-electron chi connectivity index (χ1n) is 11.6. The van der Waals surface area contributed by atoms with Crippen LogP contribution in [0.5, 0.6) is 0 Å². The summed E-state index contributed by atoms with van der Waals surface area (Å²) in [5, 5.41) is 42.7. The van der Waals surface area contributed by atoms with Crippen LogP contribution in [-0.2, 0) is 4.74 Å². The third kappa shape index (κ3) is 7.03. The van der Waals surface area contributed by atoms with E-state index in [4.69, 9.17) is 4.74 Å². The second kappa shape index (κ2) is 11.2. The van der Waals surface area contributed by atoms with Gasteiger partial charge in [-0.15, -0.1) is 0 Å². The van der Waals surface area contributed by atoms with Gasteiger partial charge in [-0.3, -0.25) is 0 Å². The highest BCUT2D eigenvalue weighted by atomic mass is 16.6. The number of allylic oxidation sites excluding steroid dienone is 2. The van der Waals surface area contributed by atoms with Crippen LogP contribution in [0.2, 0.25) is 0 Å². The molecule has 0 amide bonds. The lowest BCUT2D eigenvalue weighted by Gasteiger charge is -2.42. The van der Waals surface area contributed by atoms with Crippen LogP contribution in [0.15, 0.2) is 11.6 Å². The van der Waals surface area contributed by atoms with Gasteiger partial charge in [-0.25, -0.2) is 0 Å². The zero-order chi connectivity index (χ0) is 21.7. The van der Waals surface area contributed by atoms with Crippen molar-refractivity contribution in [3.63, 3.8) is 0 Å².